The quantitative estimate of drug-likeness (QED) is 0.853. The molecule has 7 heteroatoms. The van der Waals surface area contributed by atoms with Crippen molar-refractivity contribution in [3.05, 3.63) is 17.7 Å². The molecule has 0 bridgehead atoms. The number of hydrogen-bond acceptors (Lipinski definition) is 5. The second kappa shape index (κ2) is 8.84. The molecule has 130 valence electrons. The van der Waals surface area contributed by atoms with Gasteiger partial charge in [-0.2, -0.15) is 0 Å². The summed E-state index contributed by atoms with van der Waals surface area (Å²) in [6.45, 7) is 3.92. The Bertz CT molecular complexity index is 539. The van der Waals surface area contributed by atoms with Crippen LogP contribution in [-0.2, 0) is 0 Å². The van der Waals surface area contributed by atoms with Gasteiger partial charge in [0.1, 0.15) is 0 Å². The average Bonchev–Trinajstić information content (AvgIpc) is 2.55. The van der Waals surface area contributed by atoms with Gasteiger partial charge in [0.05, 0.1) is 26.9 Å². The smallest absolute Gasteiger partial charge is 0.255 e. The van der Waals surface area contributed by atoms with Gasteiger partial charge < -0.3 is 24.8 Å². The van der Waals surface area contributed by atoms with E-state index >= 15 is 0 Å². The van der Waals surface area contributed by atoms with E-state index in [1.807, 2.05) is 0 Å². The highest BCUT2D eigenvalue weighted by atomic mass is 35.5. The lowest BCUT2D eigenvalue weighted by Gasteiger charge is -2.30. The van der Waals surface area contributed by atoms with Gasteiger partial charge in [0.2, 0.25) is 5.75 Å². The minimum atomic E-state index is -0.168. The Labute approximate surface area is 143 Å². The number of carbonyl (C=O) groups is 1. The summed E-state index contributed by atoms with van der Waals surface area (Å²) in [4.78, 5) is 12.6. The molecular formula is C16H25ClN2O4. The zero-order valence-electron chi connectivity index (χ0n) is 14.0. The van der Waals surface area contributed by atoms with Crippen molar-refractivity contribution in [1.82, 2.24) is 10.6 Å². The van der Waals surface area contributed by atoms with Crippen molar-refractivity contribution in [3.63, 3.8) is 0 Å². The van der Waals surface area contributed by atoms with Gasteiger partial charge in [0.15, 0.2) is 11.5 Å². The first-order valence-corrected chi connectivity index (χ1v) is 7.42. The third-order valence-electron chi connectivity index (χ3n) is 4.09. The summed E-state index contributed by atoms with van der Waals surface area (Å²) >= 11 is 0. The Hall–Kier alpha value is -1.66. The molecule has 0 aliphatic carbocycles. The molecule has 1 amide bonds. The van der Waals surface area contributed by atoms with Gasteiger partial charge in [-0.1, -0.05) is 6.92 Å². The molecule has 1 fully saturated rings. The lowest BCUT2D eigenvalue weighted by Crippen LogP contribution is -2.50. The second-order valence-corrected chi connectivity index (χ2v) is 5.43. The summed E-state index contributed by atoms with van der Waals surface area (Å²) in [6, 6.07) is 3.51. The van der Waals surface area contributed by atoms with Gasteiger partial charge in [-0.25, -0.2) is 0 Å². The van der Waals surface area contributed by atoms with Crippen molar-refractivity contribution in [2.75, 3.05) is 34.4 Å². The SMILES string of the molecule is COc1ccc(C(=O)NC2CNCCC2C)c(OC)c1OC.Cl. The molecule has 2 N–H and O–H groups in total. The molecule has 1 aromatic rings. The Balaban J connectivity index is 0.00000264. The molecule has 1 aliphatic rings. The maximum absolute atomic E-state index is 12.6. The van der Waals surface area contributed by atoms with E-state index in [-0.39, 0.29) is 24.4 Å². The van der Waals surface area contributed by atoms with Gasteiger partial charge in [-0.05, 0) is 31.0 Å². The Kier molecular flexibility index (Phi) is 7.45. The van der Waals surface area contributed by atoms with Crippen LogP contribution in [-0.4, -0.2) is 46.4 Å². The zero-order valence-corrected chi connectivity index (χ0v) is 14.8. The van der Waals surface area contributed by atoms with Crippen molar-refractivity contribution in [1.29, 1.82) is 0 Å². The van der Waals surface area contributed by atoms with E-state index in [0.29, 0.717) is 28.7 Å². The first-order valence-electron chi connectivity index (χ1n) is 7.42. The normalized spacial score (nSPS) is 20.2. The van der Waals surface area contributed by atoms with Gasteiger partial charge >= 0.3 is 0 Å². The highest BCUT2D eigenvalue weighted by Crippen LogP contribution is 2.39. The molecule has 0 saturated carbocycles. The minimum absolute atomic E-state index is 0. The van der Waals surface area contributed by atoms with Crippen LogP contribution < -0.4 is 24.8 Å². The fraction of sp³-hybridized carbons (Fsp3) is 0.562. The molecule has 1 aliphatic heterocycles. The zero-order chi connectivity index (χ0) is 16.1. The predicted molar refractivity (Wildman–Crippen MR) is 91.3 cm³/mol. The summed E-state index contributed by atoms with van der Waals surface area (Å²) in [7, 11) is 4.58. The number of rotatable bonds is 5. The number of piperidine rings is 1. The van der Waals surface area contributed by atoms with E-state index in [9.17, 15) is 4.79 Å². The topological polar surface area (TPSA) is 68.8 Å². The highest BCUT2D eigenvalue weighted by Gasteiger charge is 2.26. The molecule has 2 atom stereocenters. The summed E-state index contributed by atoms with van der Waals surface area (Å²) in [6.07, 6.45) is 1.05. The fourth-order valence-corrected chi connectivity index (χ4v) is 2.71. The molecule has 6 nitrogen and oxygen atoms in total. The molecule has 2 unspecified atom stereocenters. The van der Waals surface area contributed by atoms with E-state index in [2.05, 4.69) is 17.6 Å². The van der Waals surface area contributed by atoms with E-state index in [0.717, 1.165) is 19.5 Å². The Morgan fingerprint density at radius 3 is 2.43 bits per heavy atom. The Morgan fingerprint density at radius 1 is 1.17 bits per heavy atom. The number of methoxy groups -OCH3 is 3. The van der Waals surface area contributed by atoms with E-state index in [1.54, 1.807) is 19.2 Å². The molecule has 0 radical (unpaired) electrons. The van der Waals surface area contributed by atoms with Crippen LogP contribution in [0.4, 0.5) is 0 Å². The van der Waals surface area contributed by atoms with Crippen molar-refractivity contribution in [3.8, 4) is 17.2 Å². The summed E-state index contributed by atoms with van der Waals surface area (Å²) in [5.41, 5.74) is 0.443. The van der Waals surface area contributed by atoms with Gasteiger partial charge in [0, 0.05) is 12.6 Å². The van der Waals surface area contributed by atoms with Gasteiger partial charge in [-0.3, -0.25) is 4.79 Å². The number of benzene rings is 1. The lowest BCUT2D eigenvalue weighted by atomic mass is 9.94. The van der Waals surface area contributed by atoms with Crippen molar-refractivity contribution in [2.24, 2.45) is 5.92 Å². The van der Waals surface area contributed by atoms with Crippen LogP contribution in [0.15, 0.2) is 12.1 Å². The molecule has 23 heavy (non-hydrogen) atoms. The maximum Gasteiger partial charge on any atom is 0.255 e. The Morgan fingerprint density at radius 2 is 1.87 bits per heavy atom. The maximum atomic E-state index is 12.6. The number of hydrogen-bond donors (Lipinski definition) is 2. The number of amides is 1. The molecule has 1 heterocycles. The van der Waals surface area contributed by atoms with Gasteiger partial charge in [-0.15, -0.1) is 12.4 Å². The highest BCUT2D eigenvalue weighted by molar-refractivity contribution is 5.98. The first-order chi connectivity index (χ1) is 10.6. The van der Waals surface area contributed by atoms with Crippen LogP contribution in [0.1, 0.15) is 23.7 Å². The van der Waals surface area contributed by atoms with Crippen LogP contribution in [0, 0.1) is 5.92 Å². The molecule has 1 aromatic carbocycles. The molecule has 0 spiro atoms. The molecule has 2 rings (SSSR count). The first kappa shape index (κ1) is 19.4. The van der Waals surface area contributed by atoms with Crippen molar-refractivity contribution < 1.29 is 19.0 Å². The number of halogens is 1. The fourth-order valence-electron chi connectivity index (χ4n) is 2.71. The molecule has 1 saturated heterocycles. The van der Waals surface area contributed by atoms with Crippen LogP contribution in [0.2, 0.25) is 0 Å². The number of carbonyl (C=O) groups excluding carboxylic acids is 1. The second-order valence-electron chi connectivity index (χ2n) is 5.43. The van der Waals surface area contributed by atoms with E-state index in [4.69, 9.17) is 14.2 Å². The minimum Gasteiger partial charge on any atom is -0.493 e. The number of nitrogens with one attached hydrogen (secondary N) is 2. The van der Waals surface area contributed by atoms with Crippen molar-refractivity contribution >= 4 is 18.3 Å². The van der Waals surface area contributed by atoms with E-state index < -0.39 is 0 Å². The molecule has 0 aromatic heterocycles. The summed E-state index contributed by atoms with van der Waals surface area (Å²) < 4.78 is 15.9. The lowest BCUT2D eigenvalue weighted by molar-refractivity contribution is 0.0911. The van der Waals surface area contributed by atoms with Gasteiger partial charge in [0.25, 0.3) is 5.91 Å². The summed E-state index contributed by atoms with van der Waals surface area (Å²) in [5, 5.41) is 6.37. The summed E-state index contributed by atoms with van der Waals surface area (Å²) in [5.74, 6) is 1.61. The van der Waals surface area contributed by atoms with Crippen molar-refractivity contribution in [2.45, 2.75) is 19.4 Å². The predicted octanol–water partition coefficient (Wildman–Crippen LogP) is 1.86. The third kappa shape index (κ3) is 4.20. The monoisotopic (exact) mass is 344 g/mol. The largest absolute Gasteiger partial charge is 0.493 e. The number of ether oxygens (including phenoxy) is 3. The van der Waals surface area contributed by atoms with E-state index in [1.165, 1.54) is 14.2 Å². The van der Waals surface area contributed by atoms with Crippen LogP contribution in [0.5, 0.6) is 17.2 Å². The van der Waals surface area contributed by atoms with Crippen LogP contribution in [0.3, 0.4) is 0 Å². The standard InChI is InChI=1S/C16H24N2O4.ClH/c1-10-7-8-17-9-12(10)18-16(19)11-5-6-13(20-2)15(22-4)14(11)21-3;/h5-6,10,12,17H,7-9H2,1-4H3,(H,18,19);1H. The molecular weight excluding hydrogens is 320 g/mol. The van der Waals surface area contributed by atoms with Crippen LogP contribution >= 0.6 is 12.4 Å². The average molecular weight is 345 g/mol. The third-order valence-corrected chi connectivity index (χ3v) is 4.09. The van der Waals surface area contributed by atoms with Crippen LogP contribution in [0.25, 0.3) is 0 Å².